The van der Waals surface area contributed by atoms with E-state index in [2.05, 4.69) is 15.6 Å². The third-order valence-corrected chi connectivity index (χ3v) is 3.11. The summed E-state index contributed by atoms with van der Waals surface area (Å²) in [7, 11) is 1.79. The van der Waals surface area contributed by atoms with Crippen molar-refractivity contribution in [3.63, 3.8) is 0 Å². The van der Waals surface area contributed by atoms with Crippen LogP contribution in [0.4, 0.5) is 5.82 Å². The van der Waals surface area contributed by atoms with E-state index in [-0.39, 0.29) is 17.9 Å². The number of pyridine rings is 1. The summed E-state index contributed by atoms with van der Waals surface area (Å²) in [5.74, 6) is 0.760. The molecule has 1 amide bonds. The first-order chi connectivity index (χ1) is 9.11. The number of likely N-dealkylation sites (N-methyl/N-ethyl adjacent to an activating group) is 1. The quantitative estimate of drug-likeness (QED) is 0.884. The van der Waals surface area contributed by atoms with Gasteiger partial charge in [-0.15, -0.1) is 0 Å². The number of benzene rings is 1. The highest BCUT2D eigenvalue weighted by atomic mass is 16.2. The Kier molecular flexibility index (Phi) is 4.12. The van der Waals surface area contributed by atoms with Crippen LogP contribution in [0.5, 0.6) is 0 Å². The number of nitrogens with one attached hydrogen (secondary N) is 2. The first-order valence-corrected chi connectivity index (χ1v) is 6.45. The molecule has 0 fully saturated rings. The topological polar surface area (TPSA) is 54.0 Å². The van der Waals surface area contributed by atoms with Crippen LogP contribution in [0.2, 0.25) is 0 Å². The van der Waals surface area contributed by atoms with E-state index in [1.165, 1.54) is 0 Å². The van der Waals surface area contributed by atoms with E-state index in [0.717, 1.165) is 10.9 Å². The Bertz CT molecular complexity index is 580. The van der Waals surface area contributed by atoms with Gasteiger partial charge in [0.25, 0.3) is 0 Å². The van der Waals surface area contributed by atoms with Gasteiger partial charge in [-0.3, -0.25) is 4.79 Å². The molecule has 19 heavy (non-hydrogen) atoms. The molecule has 0 saturated carbocycles. The number of anilines is 1. The van der Waals surface area contributed by atoms with Gasteiger partial charge in [0.05, 0.1) is 11.6 Å². The second-order valence-corrected chi connectivity index (χ2v) is 4.89. The first-order valence-electron chi connectivity index (χ1n) is 6.45. The molecule has 1 aromatic heterocycles. The van der Waals surface area contributed by atoms with Crippen LogP contribution in [0.25, 0.3) is 10.9 Å². The summed E-state index contributed by atoms with van der Waals surface area (Å²) in [4.78, 5) is 16.5. The number of hydrogen-bond acceptors (Lipinski definition) is 3. The van der Waals surface area contributed by atoms with Crippen molar-refractivity contribution in [1.29, 1.82) is 0 Å². The monoisotopic (exact) mass is 257 g/mol. The van der Waals surface area contributed by atoms with Gasteiger partial charge in [0, 0.05) is 5.39 Å². The van der Waals surface area contributed by atoms with Gasteiger partial charge < -0.3 is 10.6 Å². The molecule has 0 unspecified atom stereocenters. The maximum absolute atomic E-state index is 12.1. The summed E-state index contributed by atoms with van der Waals surface area (Å²) in [6, 6.07) is 11.4. The van der Waals surface area contributed by atoms with Crippen LogP contribution < -0.4 is 10.6 Å². The van der Waals surface area contributed by atoms with Crippen molar-refractivity contribution in [1.82, 2.24) is 10.3 Å². The van der Waals surface area contributed by atoms with Gasteiger partial charge in [-0.1, -0.05) is 32.0 Å². The fourth-order valence-corrected chi connectivity index (χ4v) is 2.11. The maximum Gasteiger partial charge on any atom is 0.242 e. The molecule has 4 heteroatoms. The molecule has 0 aliphatic rings. The van der Waals surface area contributed by atoms with Gasteiger partial charge >= 0.3 is 0 Å². The number of para-hydroxylation sites is 1. The fraction of sp³-hybridized carbons (Fsp3) is 0.333. The van der Waals surface area contributed by atoms with Crippen molar-refractivity contribution >= 4 is 22.6 Å². The predicted molar refractivity (Wildman–Crippen MR) is 78.1 cm³/mol. The molecule has 0 spiro atoms. The number of rotatable bonds is 4. The molecule has 2 N–H and O–H groups in total. The van der Waals surface area contributed by atoms with Crippen molar-refractivity contribution in [3.05, 3.63) is 36.4 Å². The Balaban J connectivity index is 2.19. The average Bonchev–Trinajstić information content (AvgIpc) is 2.39. The molecule has 4 nitrogen and oxygen atoms in total. The van der Waals surface area contributed by atoms with E-state index < -0.39 is 0 Å². The molecule has 0 saturated heterocycles. The molecule has 100 valence electrons. The second-order valence-electron chi connectivity index (χ2n) is 4.89. The summed E-state index contributed by atoms with van der Waals surface area (Å²) in [5, 5.41) is 6.94. The summed E-state index contributed by atoms with van der Waals surface area (Å²) in [6.45, 7) is 4.02. The summed E-state index contributed by atoms with van der Waals surface area (Å²) in [5.41, 5.74) is 0.880. The highest BCUT2D eigenvalue weighted by molar-refractivity contribution is 5.95. The van der Waals surface area contributed by atoms with E-state index >= 15 is 0 Å². The lowest BCUT2D eigenvalue weighted by molar-refractivity contribution is -0.119. The van der Waals surface area contributed by atoms with Gasteiger partial charge in [-0.05, 0) is 31.2 Å². The zero-order valence-corrected chi connectivity index (χ0v) is 11.5. The fourth-order valence-electron chi connectivity index (χ4n) is 2.11. The molecule has 0 bridgehead atoms. The molecular weight excluding hydrogens is 238 g/mol. The van der Waals surface area contributed by atoms with Crippen molar-refractivity contribution in [3.8, 4) is 0 Å². The van der Waals surface area contributed by atoms with Crippen LogP contribution in [0.15, 0.2) is 36.4 Å². The highest BCUT2D eigenvalue weighted by Gasteiger charge is 2.20. The predicted octanol–water partition coefficient (Wildman–Crippen LogP) is 2.42. The van der Waals surface area contributed by atoms with Crippen molar-refractivity contribution < 1.29 is 4.79 Å². The van der Waals surface area contributed by atoms with E-state index in [4.69, 9.17) is 0 Å². The van der Waals surface area contributed by atoms with E-state index in [9.17, 15) is 4.79 Å². The van der Waals surface area contributed by atoms with E-state index in [1.807, 2.05) is 50.2 Å². The molecule has 0 radical (unpaired) electrons. The molecule has 2 rings (SSSR count). The first kappa shape index (κ1) is 13.5. The molecule has 1 heterocycles. The number of aromatic nitrogens is 1. The molecular formula is C15H19N3O. The Hall–Kier alpha value is -1.94. The summed E-state index contributed by atoms with van der Waals surface area (Å²) < 4.78 is 0. The normalized spacial score (nSPS) is 12.6. The number of carbonyl (C=O) groups excluding carboxylic acids is 1. The Morgan fingerprint density at radius 1 is 1.16 bits per heavy atom. The van der Waals surface area contributed by atoms with Crippen LogP contribution in [-0.2, 0) is 4.79 Å². The lowest BCUT2D eigenvalue weighted by atomic mass is 10.0. The second kappa shape index (κ2) is 5.80. The van der Waals surface area contributed by atoms with E-state index in [1.54, 1.807) is 7.05 Å². The smallest absolute Gasteiger partial charge is 0.242 e. The SMILES string of the molecule is CN[C@H](C(=O)Nc1ccc2ccccc2n1)C(C)C. The van der Waals surface area contributed by atoms with Crippen LogP contribution in [0.1, 0.15) is 13.8 Å². The number of fused-ring (bicyclic) bond motifs is 1. The molecule has 2 aromatic rings. The number of nitrogens with zero attached hydrogens (tertiary/aromatic N) is 1. The van der Waals surface area contributed by atoms with Gasteiger partial charge in [-0.2, -0.15) is 0 Å². The summed E-state index contributed by atoms with van der Waals surface area (Å²) >= 11 is 0. The molecule has 0 aliphatic heterocycles. The highest BCUT2D eigenvalue weighted by Crippen LogP contribution is 2.15. The van der Waals surface area contributed by atoms with Gasteiger partial charge in [-0.25, -0.2) is 4.98 Å². The number of carbonyl (C=O) groups is 1. The standard InChI is InChI=1S/C15H19N3O/c1-10(2)14(16-3)15(19)18-13-9-8-11-6-4-5-7-12(11)17-13/h4-10,14,16H,1-3H3,(H,17,18,19)/t14-/m0/s1. The van der Waals surface area contributed by atoms with Crippen LogP contribution in [-0.4, -0.2) is 24.0 Å². The van der Waals surface area contributed by atoms with Crippen molar-refractivity contribution in [2.45, 2.75) is 19.9 Å². The maximum atomic E-state index is 12.1. The minimum atomic E-state index is -0.215. The third-order valence-electron chi connectivity index (χ3n) is 3.11. The zero-order chi connectivity index (χ0) is 13.8. The van der Waals surface area contributed by atoms with Crippen molar-refractivity contribution in [2.75, 3.05) is 12.4 Å². The van der Waals surface area contributed by atoms with Crippen LogP contribution >= 0.6 is 0 Å². The van der Waals surface area contributed by atoms with Crippen LogP contribution in [0, 0.1) is 5.92 Å². The Morgan fingerprint density at radius 2 is 1.89 bits per heavy atom. The van der Waals surface area contributed by atoms with Gasteiger partial charge in [0.15, 0.2) is 0 Å². The largest absolute Gasteiger partial charge is 0.309 e. The molecule has 0 aliphatic carbocycles. The van der Waals surface area contributed by atoms with Gasteiger partial charge in [0.2, 0.25) is 5.91 Å². The lowest BCUT2D eigenvalue weighted by Gasteiger charge is -2.19. The average molecular weight is 257 g/mol. The zero-order valence-electron chi connectivity index (χ0n) is 11.5. The Labute approximate surface area is 113 Å². The summed E-state index contributed by atoms with van der Waals surface area (Å²) in [6.07, 6.45) is 0. The van der Waals surface area contributed by atoms with Crippen molar-refractivity contribution in [2.24, 2.45) is 5.92 Å². The third kappa shape index (κ3) is 3.09. The Morgan fingerprint density at radius 3 is 2.58 bits per heavy atom. The molecule has 1 aromatic carbocycles. The number of hydrogen-bond donors (Lipinski definition) is 2. The lowest BCUT2D eigenvalue weighted by Crippen LogP contribution is -2.42. The molecule has 1 atom stereocenters. The minimum Gasteiger partial charge on any atom is -0.309 e. The minimum absolute atomic E-state index is 0.0553. The number of amides is 1. The van der Waals surface area contributed by atoms with Crippen LogP contribution in [0.3, 0.4) is 0 Å². The van der Waals surface area contributed by atoms with E-state index in [0.29, 0.717) is 5.82 Å². The van der Waals surface area contributed by atoms with Gasteiger partial charge in [0.1, 0.15) is 5.82 Å².